The van der Waals surface area contributed by atoms with Crippen molar-refractivity contribution in [3.63, 3.8) is 0 Å². The highest BCUT2D eigenvalue weighted by molar-refractivity contribution is 6.15. The topological polar surface area (TPSA) is 19.7 Å². The Morgan fingerprint density at radius 3 is 0.679 bits per heavy atom. The van der Waals surface area contributed by atoms with Crippen LogP contribution in [-0.4, -0.2) is 18.3 Å². The SMILES string of the molecule is c1ccc(-c2ccc(-c3ccccc3-n3c4ccccc4c4cc(-c5ccc6c(c5)c5ccccc5n6-c5ccc(-c6ccccc6)cc5)ccc43)cc2)cc1.c1ccc(-c2ccc(-n3c4ccccc4c4cc(-c5ccc6c(c5)c5ccccc5n6-c5ccc(-c6cccc(-c7ccccc7)c6)cc5)ccc43)cc2)cc1. The van der Waals surface area contributed by atoms with Gasteiger partial charge >= 0.3 is 0 Å². The smallest absolute Gasteiger partial charge is 0.0541 e. The van der Waals surface area contributed by atoms with Gasteiger partial charge in [0.05, 0.1) is 49.8 Å². The third kappa shape index (κ3) is 11.6. The molecule has 0 amide bonds. The standard InChI is InChI=1S/2C54H36N2/c1-3-13-37(14-4-1)39-23-25-41(26-24-39)45-17-7-10-20-50(45)56-52-22-12-9-19-47(52)49-36-43(30-34-54(49)56)42-29-33-53-48(35-42)46-18-8-11-21-51(46)55(53)44-31-27-40(28-32-44)38-15-5-2-6-16-38;1-3-12-37(13-4-1)39-22-28-45(29-23-39)55-51-20-9-7-18-47(51)49-35-43(26-32-53(49)55)44-27-33-54-50(36-44)48-19-8-10-21-52(48)56(54)46-30-24-40(25-31-46)42-17-11-16-41(34-42)38-14-5-2-6-15-38/h2*1-36H. The summed E-state index contributed by atoms with van der Waals surface area (Å²) < 4.78 is 9.63. The second-order valence-electron chi connectivity index (χ2n) is 29.1. The van der Waals surface area contributed by atoms with E-state index in [1.165, 1.54) is 182 Å². The van der Waals surface area contributed by atoms with Crippen LogP contribution in [0.15, 0.2) is 437 Å². The molecule has 4 aromatic heterocycles. The van der Waals surface area contributed by atoms with E-state index in [9.17, 15) is 0 Å². The first-order chi connectivity index (χ1) is 55.5. The Morgan fingerprint density at radius 2 is 0.330 bits per heavy atom. The largest absolute Gasteiger partial charge is 0.309 e. The minimum atomic E-state index is 1.15. The Kier molecular flexibility index (Phi) is 16.2. The minimum absolute atomic E-state index is 1.15. The highest BCUT2D eigenvalue weighted by Gasteiger charge is 2.21. The van der Waals surface area contributed by atoms with Crippen LogP contribution in [0.25, 0.3) is 199 Å². The van der Waals surface area contributed by atoms with Gasteiger partial charge in [-0.05, 0) is 205 Å². The molecule has 0 saturated heterocycles. The van der Waals surface area contributed by atoms with Gasteiger partial charge in [0.2, 0.25) is 0 Å². The van der Waals surface area contributed by atoms with E-state index < -0.39 is 0 Å². The van der Waals surface area contributed by atoms with Crippen LogP contribution in [-0.2, 0) is 0 Å². The highest BCUT2D eigenvalue weighted by Crippen LogP contribution is 2.44. The Bertz CT molecular complexity index is 7290. The molecule has 0 radical (unpaired) electrons. The summed E-state index contributed by atoms with van der Waals surface area (Å²) in [5.41, 5.74) is 33.7. The van der Waals surface area contributed by atoms with E-state index in [2.05, 4.69) is 455 Å². The van der Waals surface area contributed by atoms with E-state index in [4.69, 9.17) is 0 Å². The first-order valence-corrected chi connectivity index (χ1v) is 38.5. The fraction of sp³-hybridized carbons (Fsp3) is 0. The molecule has 0 fully saturated rings. The zero-order chi connectivity index (χ0) is 74.0. The number of hydrogen-bond acceptors (Lipinski definition) is 0. The third-order valence-corrected chi connectivity index (χ3v) is 22.7. The molecule has 0 unspecified atom stereocenters. The lowest BCUT2D eigenvalue weighted by Crippen LogP contribution is -1.97. The van der Waals surface area contributed by atoms with Crippen LogP contribution >= 0.6 is 0 Å². The molecule has 4 nitrogen and oxygen atoms in total. The number of rotatable bonds is 12. The van der Waals surface area contributed by atoms with E-state index in [0.29, 0.717) is 0 Å². The lowest BCUT2D eigenvalue weighted by Gasteiger charge is -2.14. The first-order valence-electron chi connectivity index (χ1n) is 38.5. The van der Waals surface area contributed by atoms with E-state index in [-0.39, 0.29) is 0 Å². The van der Waals surface area contributed by atoms with Crippen molar-refractivity contribution in [2.24, 2.45) is 0 Å². The van der Waals surface area contributed by atoms with Crippen molar-refractivity contribution < 1.29 is 0 Å². The molecule has 0 aliphatic carbocycles. The van der Waals surface area contributed by atoms with Gasteiger partial charge < -0.3 is 18.3 Å². The van der Waals surface area contributed by atoms with Crippen molar-refractivity contribution in [1.29, 1.82) is 0 Å². The molecule has 0 saturated carbocycles. The highest BCUT2D eigenvalue weighted by atomic mass is 15.0. The van der Waals surface area contributed by atoms with Gasteiger partial charge in [0.1, 0.15) is 0 Å². The summed E-state index contributed by atoms with van der Waals surface area (Å²) in [4.78, 5) is 0. The van der Waals surface area contributed by atoms with Crippen molar-refractivity contribution in [3.8, 4) is 112 Å². The number of benzene rings is 18. The van der Waals surface area contributed by atoms with Crippen LogP contribution < -0.4 is 0 Å². The second-order valence-corrected chi connectivity index (χ2v) is 29.1. The van der Waals surface area contributed by atoms with Gasteiger partial charge in [-0.2, -0.15) is 0 Å². The Labute approximate surface area is 649 Å². The van der Waals surface area contributed by atoms with Crippen LogP contribution in [0.5, 0.6) is 0 Å². The average molecular weight is 1430 g/mol. The van der Waals surface area contributed by atoms with Crippen molar-refractivity contribution in [2.75, 3.05) is 0 Å². The predicted molar refractivity (Wildman–Crippen MR) is 474 cm³/mol. The van der Waals surface area contributed by atoms with Gasteiger partial charge in [0.25, 0.3) is 0 Å². The Morgan fingerprint density at radius 1 is 0.116 bits per heavy atom. The van der Waals surface area contributed by atoms with Crippen LogP contribution in [0.4, 0.5) is 0 Å². The van der Waals surface area contributed by atoms with E-state index >= 15 is 0 Å². The number of aromatic nitrogens is 4. The van der Waals surface area contributed by atoms with Gasteiger partial charge in [-0.25, -0.2) is 0 Å². The molecule has 4 heterocycles. The zero-order valence-electron chi connectivity index (χ0n) is 61.4. The fourth-order valence-corrected chi connectivity index (χ4v) is 17.3. The fourth-order valence-electron chi connectivity index (χ4n) is 17.3. The zero-order valence-corrected chi connectivity index (χ0v) is 61.4. The molecule has 18 aromatic carbocycles. The maximum absolute atomic E-state index is 2.44. The molecule has 0 bridgehead atoms. The summed E-state index contributed by atoms with van der Waals surface area (Å²) in [6.07, 6.45) is 0. The molecule has 112 heavy (non-hydrogen) atoms. The van der Waals surface area contributed by atoms with E-state index in [0.717, 1.165) is 17.1 Å². The summed E-state index contributed by atoms with van der Waals surface area (Å²) in [6.45, 7) is 0. The molecule has 0 atom stereocenters. The average Bonchev–Trinajstić information content (AvgIpc) is 1.57. The van der Waals surface area contributed by atoms with Crippen LogP contribution in [0.3, 0.4) is 0 Å². The lowest BCUT2D eigenvalue weighted by molar-refractivity contribution is 1.18. The van der Waals surface area contributed by atoms with Crippen molar-refractivity contribution >= 4 is 87.2 Å². The van der Waals surface area contributed by atoms with Crippen LogP contribution in [0, 0.1) is 0 Å². The van der Waals surface area contributed by atoms with Gasteiger partial charge in [-0.15, -0.1) is 0 Å². The van der Waals surface area contributed by atoms with Crippen LogP contribution in [0.1, 0.15) is 0 Å². The molecule has 524 valence electrons. The molecular formula is C108H72N4. The van der Waals surface area contributed by atoms with Crippen molar-refractivity contribution in [2.45, 2.75) is 0 Å². The lowest BCUT2D eigenvalue weighted by atomic mass is 9.99. The third-order valence-electron chi connectivity index (χ3n) is 22.7. The van der Waals surface area contributed by atoms with Gasteiger partial charge in [-0.1, -0.05) is 315 Å². The molecule has 22 aromatic rings. The second kappa shape index (κ2) is 27.7. The molecule has 0 aliphatic heterocycles. The quantitative estimate of drug-likeness (QED) is 0.116. The first kappa shape index (κ1) is 65.5. The molecule has 0 spiro atoms. The molecule has 0 aliphatic rings. The Hall–Kier alpha value is -14.8. The van der Waals surface area contributed by atoms with Gasteiger partial charge in [-0.3, -0.25) is 0 Å². The predicted octanol–water partition coefficient (Wildman–Crippen LogP) is 29.1. The summed E-state index contributed by atoms with van der Waals surface area (Å²) in [6, 6.07) is 159. The molecular weight excluding hydrogens is 1350 g/mol. The molecule has 22 rings (SSSR count). The maximum Gasteiger partial charge on any atom is 0.0541 e. The molecule has 4 heteroatoms. The van der Waals surface area contributed by atoms with Crippen molar-refractivity contribution in [1.82, 2.24) is 18.3 Å². The number of fused-ring (bicyclic) bond motifs is 12. The van der Waals surface area contributed by atoms with E-state index in [1.54, 1.807) is 0 Å². The number of para-hydroxylation sites is 5. The molecule has 0 N–H and O–H groups in total. The summed E-state index contributed by atoms with van der Waals surface area (Å²) in [5.74, 6) is 0. The van der Waals surface area contributed by atoms with Gasteiger partial charge in [0.15, 0.2) is 0 Å². The van der Waals surface area contributed by atoms with E-state index in [1.807, 2.05) is 0 Å². The van der Waals surface area contributed by atoms with Crippen LogP contribution in [0.2, 0.25) is 0 Å². The normalized spacial score (nSPS) is 11.6. The number of hydrogen-bond donors (Lipinski definition) is 0. The maximum atomic E-state index is 2.44. The Balaban J connectivity index is 0.000000141. The summed E-state index contributed by atoms with van der Waals surface area (Å²) in [7, 11) is 0. The van der Waals surface area contributed by atoms with Crippen molar-refractivity contribution in [3.05, 3.63) is 437 Å². The minimum Gasteiger partial charge on any atom is -0.309 e. The number of nitrogens with zero attached hydrogens (tertiary/aromatic N) is 4. The van der Waals surface area contributed by atoms with Gasteiger partial charge in [0, 0.05) is 65.7 Å². The summed E-state index contributed by atoms with van der Waals surface area (Å²) in [5, 5.41) is 10.00. The summed E-state index contributed by atoms with van der Waals surface area (Å²) >= 11 is 0. The monoisotopic (exact) mass is 1420 g/mol.